The van der Waals surface area contributed by atoms with Gasteiger partial charge in [-0.05, 0) is 29.3 Å². The van der Waals surface area contributed by atoms with Gasteiger partial charge < -0.3 is 5.11 Å². The maximum absolute atomic E-state index is 13.2. The van der Waals surface area contributed by atoms with Crippen molar-refractivity contribution in [2.75, 3.05) is 0 Å². The van der Waals surface area contributed by atoms with Gasteiger partial charge in [0.05, 0.1) is 11.1 Å². The Labute approximate surface area is 104 Å². The Bertz CT molecular complexity index is 504. The zero-order valence-electron chi connectivity index (χ0n) is 8.98. The number of aromatic nitrogens is 1. The number of hydrogen-bond donors (Lipinski definition) is 1. The van der Waals surface area contributed by atoms with E-state index in [-0.39, 0.29) is 5.02 Å². The van der Waals surface area contributed by atoms with Crippen molar-refractivity contribution in [3.63, 3.8) is 0 Å². The second-order valence-electron chi connectivity index (χ2n) is 3.75. The van der Waals surface area contributed by atoms with Crippen LogP contribution in [0.3, 0.4) is 0 Å². The second kappa shape index (κ2) is 5.25. The van der Waals surface area contributed by atoms with Crippen molar-refractivity contribution in [1.29, 1.82) is 0 Å². The topological polar surface area (TPSA) is 33.1 Å². The van der Waals surface area contributed by atoms with Crippen LogP contribution in [0, 0.1) is 5.82 Å². The highest BCUT2D eigenvalue weighted by Gasteiger charge is 2.10. The molecule has 0 aliphatic carbocycles. The van der Waals surface area contributed by atoms with Crippen molar-refractivity contribution >= 4 is 11.6 Å². The maximum atomic E-state index is 13.2. The SMILES string of the molecule is OC(Cc1cccnc1)c1ccc(Cl)c(F)c1. The van der Waals surface area contributed by atoms with Gasteiger partial charge in [0, 0.05) is 18.8 Å². The highest BCUT2D eigenvalue weighted by Crippen LogP contribution is 2.22. The Balaban J connectivity index is 2.14. The number of aliphatic hydroxyl groups excluding tert-OH is 1. The summed E-state index contributed by atoms with van der Waals surface area (Å²) in [5, 5.41) is 10.0. The molecule has 0 amide bonds. The van der Waals surface area contributed by atoms with Crippen LogP contribution in [0.1, 0.15) is 17.2 Å². The van der Waals surface area contributed by atoms with Crippen LogP contribution in [0.2, 0.25) is 5.02 Å². The van der Waals surface area contributed by atoms with Gasteiger partial charge >= 0.3 is 0 Å². The summed E-state index contributed by atoms with van der Waals surface area (Å²) in [6.45, 7) is 0. The number of pyridine rings is 1. The molecule has 0 radical (unpaired) electrons. The number of aliphatic hydroxyl groups is 1. The molecule has 2 nitrogen and oxygen atoms in total. The minimum Gasteiger partial charge on any atom is -0.388 e. The molecule has 0 aliphatic rings. The number of benzene rings is 1. The molecule has 1 heterocycles. The number of rotatable bonds is 3. The zero-order chi connectivity index (χ0) is 12.3. The average molecular weight is 252 g/mol. The predicted octanol–water partition coefficient (Wildman–Crippen LogP) is 3.15. The van der Waals surface area contributed by atoms with E-state index in [1.54, 1.807) is 24.5 Å². The third-order valence-corrected chi connectivity index (χ3v) is 2.79. The molecule has 1 N–H and O–H groups in total. The van der Waals surface area contributed by atoms with Gasteiger partial charge in [-0.1, -0.05) is 23.7 Å². The van der Waals surface area contributed by atoms with E-state index in [0.29, 0.717) is 12.0 Å². The van der Waals surface area contributed by atoms with E-state index in [1.807, 2.05) is 6.07 Å². The van der Waals surface area contributed by atoms with Gasteiger partial charge in [-0.3, -0.25) is 4.98 Å². The highest BCUT2D eigenvalue weighted by atomic mass is 35.5. The lowest BCUT2D eigenvalue weighted by atomic mass is 10.0. The van der Waals surface area contributed by atoms with Gasteiger partial charge in [0.25, 0.3) is 0 Å². The molecule has 2 rings (SSSR count). The fourth-order valence-corrected chi connectivity index (χ4v) is 1.70. The molecule has 1 aromatic heterocycles. The van der Waals surface area contributed by atoms with Crippen molar-refractivity contribution in [3.8, 4) is 0 Å². The van der Waals surface area contributed by atoms with Gasteiger partial charge in [0.2, 0.25) is 0 Å². The lowest BCUT2D eigenvalue weighted by Gasteiger charge is -2.11. The lowest BCUT2D eigenvalue weighted by Crippen LogP contribution is -2.02. The van der Waals surface area contributed by atoms with Crippen LogP contribution in [0.4, 0.5) is 4.39 Å². The summed E-state index contributed by atoms with van der Waals surface area (Å²) < 4.78 is 13.2. The molecule has 0 saturated heterocycles. The van der Waals surface area contributed by atoms with Gasteiger partial charge in [-0.15, -0.1) is 0 Å². The first-order valence-corrected chi connectivity index (χ1v) is 5.56. The van der Waals surface area contributed by atoms with Crippen LogP contribution >= 0.6 is 11.6 Å². The van der Waals surface area contributed by atoms with Crippen LogP contribution in [-0.4, -0.2) is 10.1 Å². The second-order valence-corrected chi connectivity index (χ2v) is 4.16. The molecule has 88 valence electrons. The van der Waals surface area contributed by atoms with Crippen molar-refractivity contribution in [2.45, 2.75) is 12.5 Å². The molecule has 0 saturated carbocycles. The quantitative estimate of drug-likeness (QED) is 0.909. The molecule has 0 aliphatic heterocycles. The lowest BCUT2D eigenvalue weighted by molar-refractivity contribution is 0.178. The molecular weight excluding hydrogens is 241 g/mol. The normalized spacial score (nSPS) is 12.4. The minimum atomic E-state index is -0.758. The summed E-state index contributed by atoms with van der Waals surface area (Å²) in [7, 11) is 0. The van der Waals surface area contributed by atoms with Crippen LogP contribution in [0.25, 0.3) is 0 Å². The zero-order valence-corrected chi connectivity index (χ0v) is 9.73. The number of hydrogen-bond acceptors (Lipinski definition) is 2. The fourth-order valence-electron chi connectivity index (χ4n) is 1.58. The number of nitrogens with zero attached hydrogens (tertiary/aromatic N) is 1. The molecular formula is C13H11ClFNO. The summed E-state index contributed by atoms with van der Waals surface area (Å²) >= 11 is 5.58. The molecule has 1 unspecified atom stereocenters. The summed E-state index contributed by atoms with van der Waals surface area (Å²) in [5.41, 5.74) is 1.41. The third-order valence-electron chi connectivity index (χ3n) is 2.48. The van der Waals surface area contributed by atoms with Gasteiger partial charge in [0.15, 0.2) is 0 Å². The molecule has 0 spiro atoms. The molecule has 4 heteroatoms. The third kappa shape index (κ3) is 3.02. The average Bonchev–Trinajstić information content (AvgIpc) is 2.34. The largest absolute Gasteiger partial charge is 0.388 e. The molecule has 1 atom stereocenters. The first-order chi connectivity index (χ1) is 8.16. The summed E-state index contributed by atoms with van der Waals surface area (Å²) in [6.07, 6.45) is 2.98. The Morgan fingerprint density at radius 2 is 2.18 bits per heavy atom. The van der Waals surface area contributed by atoms with Crippen LogP contribution in [0.15, 0.2) is 42.7 Å². The van der Waals surface area contributed by atoms with E-state index in [2.05, 4.69) is 4.98 Å². The summed E-state index contributed by atoms with van der Waals surface area (Å²) in [5.74, 6) is -0.519. The maximum Gasteiger partial charge on any atom is 0.142 e. The molecule has 0 bridgehead atoms. The van der Waals surface area contributed by atoms with E-state index in [0.717, 1.165) is 5.56 Å². The first kappa shape index (κ1) is 12.0. The van der Waals surface area contributed by atoms with E-state index < -0.39 is 11.9 Å². The van der Waals surface area contributed by atoms with Gasteiger partial charge in [-0.25, -0.2) is 4.39 Å². The Morgan fingerprint density at radius 3 is 2.82 bits per heavy atom. The molecule has 2 aromatic rings. The smallest absolute Gasteiger partial charge is 0.142 e. The van der Waals surface area contributed by atoms with Crippen LogP contribution in [0.5, 0.6) is 0 Å². The monoisotopic (exact) mass is 251 g/mol. The van der Waals surface area contributed by atoms with E-state index in [4.69, 9.17) is 11.6 Å². The van der Waals surface area contributed by atoms with Crippen molar-refractivity contribution in [3.05, 3.63) is 64.7 Å². The predicted molar refractivity (Wildman–Crippen MR) is 64.3 cm³/mol. The van der Waals surface area contributed by atoms with E-state index >= 15 is 0 Å². The Kier molecular flexibility index (Phi) is 3.71. The van der Waals surface area contributed by atoms with Gasteiger partial charge in [0.1, 0.15) is 5.82 Å². The van der Waals surface area contributed by atoms with E-state index in [9.17, 15) is 9.50 Å². The first-order valence-electron chi connectivity index (χ1n) is 5.19. The Morgan fingerprint density at radius 1 is 1.35 bits per heavy atom. The van der Waals surface area contributed by atoms with Crippen molar-refractivity contribution < 1.29 is 9.50 Å². The van der Waals surface area contributed by atoms with Gasteiger partial charge in [-0.2, -0.15) is 0 Å². The van der Waals surface area contributed by atoms with Crippen LogP contribution < -0.4 is 0 Å². The molecule has 1 aromatic carbocycles. The Hall–Kier alpha value is -1.45. The summed E-state index contributed by atoms with van der Waals surface area (Å²) in [6, 6.07) is 7.97. The van der Waals surface area contributed by atoms with Crippen molar-refractivity contribution in [2.24, 2.45) is 0 Å². The standard InChI is InChI=1S/C13H11ClFNO/c14-11-4-3-10(7-12(11)15)13(17)6-9-2-1-5-16-8-9/h1-5,7-8,13,17H,6H2. The minimum absolute atomic E-state index is 0.0577. The van der Waals surface area contributed by atoms with Crippen LogP contribution in [-0.2, 0) is 6.42 Å². The van der Waals surface area contributed by atoms with E-state index in [1.165, 1.54) is 12.1 Å². The summed E-state index contributed by atoms with van der Waals surface area (Å²) in [4.78, 5) is 3.96. The molecule has 0 fully saturated rings. The molecule has 17 heavy (non-hydrogen) atoms. The van der Waals surface area contributed by atoms with Crippen molar-refractivity contribution in [1.82, 2.24) is 4.98 Å². The number of halogens is 2. The highest BCUT2D eigenvalue weighted by molar-refractivity contribution is 6.30. The fraction of sp³-hybridized carbons (Fsp3) is 0.154.